The fourth-order valence-electron chi connectivity index (χ4n) is 6.14. The molecule has 0 spiro atoms. The fraction of sp³-hybridized carbons (Fsp3) is 0.366. The molecule has 3 aromatic rings. The van der Waals surface area contributed by atoms with E-state index in [2.05, 4.69) is 10.1 Å². The summed E-state index contributed by atoms with van der Waals surface area (Å²) in [6.07, 6.45) is 3.80. The van der Waals surface area contributed by atoms with Crippen LogP contribution in [-0.4, -0.2) is 67.4 Å². The number of nitrogens with zero attached hydrogens (tertiary/aromatic N) is 2. The molecule has 0 saturated carbocycles. The number of nitrogens with one attached hydrogen (secondary N) is 1. The Balaban J connectivity index is 0.00000112. The number of likely N-dealkylation sites (N-methyl/N-ethyl adjacent to an activating group) is 1. The third-order valence-corrected chi connectivity index (χ3v) is 8.66. The molecule has 12 heteroatoms. The Morgan fingerprint density at radius 2 is 1.81 bits per heavy atom. The van der Waals surface area contributed by atoms with Crippen LogP contribution >= 0.6 is 0 Å². The number of esters is 1. The first-order valence-corrected chi connectivity index (χ1v) is 16.9. The van der Waals surface area contributed by atoms with E-state index in [9.17, 15) is 18.8 Å². The third kappa shape index (κ3) is 12.9. The van der Waals surface area contributed by atoms with Gasteiger partial charge in [-0.15, -0.1) is 0 Å². The molecule has 8 nitrogen and oxygen atoms in total. The zero-order chi connectivity index (χ0) is 37.2. The van der Waals surface area contributed by atoms with Crippen molar-refractivity contribution in [1.82, 2.24) is 15.1 Å². The Labute approximate surface area is 370 Å². The van der Waals surface area contributed by atoms with Gasteiger partial charge in [0.1, 0.15) is 42.5 Å². The maximum absolute atomic E-state index is 15.6. The molecule has 53 heavy (non-hydrogen) atoms. The van der Waals surface area contributed by atoms with E-state index in [1.165, 1.54) is 13.0 Å². The minimum Gasteiger partial charge on any atom is -0.488 e. The summed E-state index contributed by atoms with van der Waals surface area (Å²) in [5.41, 5.74) is 5.24. The quantitative estimate of drug-likeness (QED) is 0.117. The maximum Gasteiger partial charge on any atom is 1.00 e. The number of amides is 1. The Morgan fingerprint density at radius 1 is 1.09 bits per heavy atom. The molecule has 1 saturated heterocycles. The molecule has 1 N–H and O–H groups in total. The van der Waals surface area contributed by atoms with Crippen molar-refractivity contribution in [1.29, 1.82) is 0 Å². The van der Waals surface area contributed by atoms with Crippen LogP contribution in [0.4, 0.5) is 13.2 Å². The first-order valence-electron chi connectivity index (χ1n) is 16.9. The first-order chi connectivity index (χ1) is 24.3. The fourth-order valence-corrected chi connectivity index (χ4v) is 6.14. The molecule has 0 aliphatic carbocycles. The van der Waals surface area contributed by atoms with Gasteiger partial charge in [-0.25, -0.2) is 13.2 Å². The van der Waals surface area contributed by atoms with Crippen LogP contribution < -0.4 is 78.9 Å². The second-order valence-corrected chi connectivity index (χ2v) is 12.9. The number of aldehydes is 1. The number of ether oxygens (including phenoxy) is 2. The van der Waals surface area contributed by atoms with Gasteiger partial charge in [0.15, 0.2) is 0 Å². The van der Waals surface area contributed by atoms with Gasteiger partial charge in [0.2, 0.25) is 5.91 Å². The molecule has 5 rings (SSSR count). The molecule has 2 aliphatic rings. The number of fused-ring (bicyclic) bond motifs is 6. The number of allylic oxidation sites excluding steroid dienone is 2. The standard InChI is InChI=1S/C36H38F3N3O3.C4H8O2.CH3.Cs/c1-22(20-43)12-25(10-11-42-18-29(37)19-42)17-41(4)35-30-14-26(8-9-31(30)38)21-45-32-7-5-6-23(2)33(32)27-13-24(3)34(39)28(15-27)16-40-36(35)44;1-3-6-4(2)5;;/h5-9,12-15,17,20,29,35H,10-11,16,18-19,21H2,1-4H3,(H,40,44);3H2,1-2H3;1H3;/q;;-1;+1/b22-12-,25-17-;;;. The molecule has 0 radical (unpaired) electrons. The number of benzene rings is 3. The number of likely N-dealkylation sites (tertiary alicyclic amines) is 1. The smallest absolute Gasteiger partial charge is 0.488 e. The minimum atomic E-state index is -1.13. The van der Waals surface area contributed by atoms with Crippen LogP contribution in [0.3, 0.4) is 0 Å². The monoisotopic (exact) mass is 853 g/mol. The van der Waals surface area contributed by atoms with Crippen molar-refractivity contribution >= 4 is 18.2 Å². The summed E-state index contributed by atoms with van der Waals surface area (Å²) in [4.78, 5) is 38.8. The van der Waals surface area contributed by atoms with Crippen LogP contribution in [-0.2, 0) is 32.3 Å². The molecule has 2 aliphatic heterocycles. The number of aryl methyl sites for hydroxylation is 2. The number of rotatable bonds is 8. The SMILES string of the molecule is C/C(C=O)=C/C(=C\N(C)C1C(=O)NCc2cc(cc(C)c2F)-c2c(C)cccc2OCc2ccc(F)c1c2)CCN1CC(F)C1.CCOC(C)=O.[CH3-].[Cs+]. The van der Waals surface area contributed by atoms with E-state index in [0.717, 1.165) is 28.5 Å². The predicted octanol–water partition coefficient (Wildman–Crippen LogP) is 4.53. The summed E-state index contributed by atoms with van der Waals surface area (Å²) in [6.45, 7) is 10.2. The van der Waals surface area contributed by atoms with E-state index in [1.807, 2.05) is 30.0 Å². The van der Waals surface area contributed by atoms with Gasteiger partial charge in [-0.2, -0.15) is 0 Å². The summed E-state index contributed by atoms with van der Waals surface area (Å²) in [6, 6.07) is 12.6. The topological polar surface area (TPSA) is 88.2 Å². The van der Waals surface area contributed by atoms with Crippen LogP contribution in [0.5, 0.6) is 5.75 Å². The molecule has 3 aromatic carbocycles. The number of halogens is 3. The Kier molecular flexibility index (Phi) is 19.1. The largest absolute Gasteiger partial charge is 1.00 e. The third-order valence-electron chi connectivity index (χ3n) is 8.66. The van der Waals surface area contributed by atoms with Crippen molar-refractivity contribution in [2.45, 2.75) is 66.4 Å². The maximum atomic E-state index is 15.6. The molecule has 1 amide bonds. The van der Waals surface area contributed by atoms with Gasteiger partial charge in [0.25, 0.3) is 0 Å². The van der Waals surface area contributed by atoms with Gasteiger partial charge in [0.05, 0.1) is 6.61 Å². The average molecular weight is 854 g/mol. The second kappa shape index (κ2) is 21.9. The van der Waals surface area contributed by atoms with E-state index in [4.69, 9.17) is 4.74 Å². The van der Waals surface area contributed by atoms with Crippen LogP contribution in [0.15, 0.2) is 72.0 Å². The summed E-state index contributed by atoms with van der Waals surface area (Å²) in [5, 5.41) is 2.85. The van der Waals surface area contributed by atoms with E-state index in [0.29, 0.717) is 60.7 Å². The van der Waals surface area contributed by atoms with Gasteiger partial charge in [0, 0.05) is 63.0 Å². The van der Waals surface area contributed by atoms with E-state index in [-0.39, 0.29) is 101 Å². The normalized spacial score (nSPS) is 16.0. The number of carbonyl (C=O) groups is 3. The molecule has 2 heterocycles. The Morgan fingerprint density at radius 3 is 2.43 bits per heavy atom. The summed E-state index contributed by atoms with van der Waals surface area (Å²) in [7, 11) is 1.66. The second-order valence-electron chi connectivity index (χ2n) is 12.9. The summed E-state index contributed by atoms with van der Waals surface area (Å²) in [5.74, 6) is -1.14. The number of carbonyl (C=O) groups excluding carboxylic acids is 3. The van der Waals surface area contributed by atoms with Crippen molar-refractivity contribution in [2.24, 2.45) is 0 Å². The summed E-state index contributed by atoms with van der Waals surface area (Å²) < 4.78 is 55.0. The van der Waals surface area contributed by atoms with Crippen LogP contribution in [0.1, 0.15) is 61.1 Å². The predicted molar refractivity (Wildman–Crippen MR) is 197 cm³/mol. The van der Waals surface area contributed by atoms with Crippen molar-refractivity contribution in [2.75, 3.05) is 33.3 Å². The van der Waals surface area contributed by atoms with E-state index < -0.39 is 29.8 Å². The Hall–Kier alpha value is -2.85. The molecule has 280 valence electrons. The zero-order valence-electron chi connectivity index (χ0n) is 32.0. The molecular weight excluding hydrogens is 804 g/mol. The van der Waals surface area contributed by atoms with E-state index in [1.54, 1.807) is 69.3 Å². The molecule has 1 atom stereocenters. The van der Waals surface area contributed by atoms with Gasteiger partial charge < -0.3 is 27.1 Å². The van der Waals surface area contributed by atoms with Crippen LogP contribution in [0.2, 0.25) is 0 Å². The van der Waals surface area contributed by atoms with Gasteiger partial charge in [-0.1, -0.05) is 24.3 Å². The number of hydrogen-bond donors (Lipinski definition) is 1. The van der Waals surface area contributed by atoms with Crippen molar-refractivity contribution < 1.29 is 106 Å². The van der Waals surface area contributed by atoms with Crippen LogP contribution in [0, 0.1) is 32.9 Å². The summed E-state index contributed by atoms with van der Waals surface area (Å²) >= 11 is 0. The zero-order valence-corrected chi connectivity index (χ0v) is 38.3. The minimum absolute atomic E-state index is 0. The number of hydrogen-bond acceptors (Lipinski definition) is 7. The van der Waals surface area contributed by atoms with Gasteiger partial charge in [-0.05, 0) is 97.8 Å². The molecule has 1 fully saturated rings. The first kappa shape index (κ1) is 46.3. The average Bonchev–Trinajstić information content (AvgIpc) is 3.06. The number of alkyl halides is 1. The van der Waals surface area contributed by atoms with E-state index >= 15 is 8.78 Å². The van der Waals surface area contributed by atoms with Crippen LogP contribution in [0.25, 0.3) is 11.1 Å². The molecular formula is C41H49CsF3N3O5. The van der Waals surface area contributed by atoms with Crippen molar-refractivity contribution in [3.8, 4) is 16.9 Å². The molecule has 4 bridgehead atoms. The Bertz CT molecular complexity index is 1810. The van der Waals surface area contributed by atoms with Gasteiger partial charge in [-0.3, -0.25) is 19.3 Å². The van der Waals surface area contributed by atoms with Crippen molar-refractivity contribution in [3.63, 3.8) is 0 Å². The van der Waals surface area contributed by atoms with Crippen molar-refractivity contribution in [3.05, 3.63) is 119 Å². The van der Waals surface area contributed by atoms with Gasteiger partial charge >= 0.3 is 74.9 Å². The molecule has 1 unspecified atom stereocenters. The molecule has 0 aromatic heterocycles.